The number of hydrogen-bond donors (Lipinski definition) is 2. The SMILES string of the molecule is C#C[C@@]1(CC)CC(=O)N([C@@H](CCOC)C2=C[C@H]2C(=O)N[C@H]2CC(C)(C)Oc3ccccc32)C(N)=N1. The summed E-state index contributed by atoms with van der Waals surface area (Å²) < 4.78 is 11.4. The molecule has 8 nitrogen and oxygen atoms in total. The Morgan fingerprint density at radius 2 is 2.17 bits per heavy atom. The zero-order chi connectivity index (χ0) is 25.4. The number of nitrogens with two attached hydrogens (primary N) is 1. The number of ether oxygens (including phenoxy) is 2. The number of carbonyl (C=O) groups is 2. The monoisotopic (exact) mass is 478 g/mol. The highest BCUT2D eigenvalue weighted by Gasteiger charge is 2.46. The number of terminal acetylenes is 1. The summed E-state index contributed by atoms with van der Waals surface area (Å²) in [5, 5.41) is 3.20. The van der Waals surface area contributed by atoms with Crippen LogP contribution in [0.15, 0.2) is 40.9 Å². The summed E-state index contributed by atoms with van der Waals surface area (Å²) in [7, 11) is 1.60. The van der Waals surface area contributed by atoms with Gasteiger partial charge in [-0.1, -0.05) is 37.1 Å². The molecule has 2 heterocycles. The number of guanidine groups is 1. The van der Waals surface area contributed by atoms with Crippen molar-refractivity contribution < 1.29 is 19.1 Å². The van der Waals surface area contributed by atoms with Crippen molar-refractivity contribution in [3.05, 3.63) is 41.5 Å². The van der Waals surface area contributed by atoms with E-state index in [0.717, 1.165) is 16.9 Å². The van der Waals surface area contributed by atoms with Crippen molar-refractivity contribution in [1.82, 2.24) is 10.2 Å². The summed E-state index contributed by atoms with van der Waals surface area (Å²) in [4.78, 5) is 32.5. The van der Waals surface area contributed by atoms with Crippen LogP contribution in [0.5, 0.6) is 5.75 Å². The van der Waals surface area contributed by atoms with Gasteiger partial charge in [0.25, 0.3) is 0 Å². The Balaban J connectivity index is 1.51. The van der Waals surface area contributed by atoms with Gasteiger partial charge in [0.15, 0.2) is 5.96 Å². The van der Waals surface area contributed by atoms with Crippen LogP contribution in [0.3, 0.4) is 0 Å². The fourth-order valence-electron chi connectivity index (χ4n) is 5.06. The lowest BCUT2D eigenvalue weighted by Gasteiger charge is -2.38. The van der Waals surface area contributed by atoms with Crippen molar-refractivity contribution in [3.63, 3.8) is 0 Å². The van der Waals surface area contributed by atoms with Gasteiger partial charge >= 0.3 is 0 Å². The zero-order valence-corrected chi connectivity index (χ0v) is 20.8. The molecule has 2 aliphatic heterocycles. The third-order valence-electron chi connectivity index (χ3n) is 7.02. The number of carbonyl (C=O) groups excluding carboxylic acids is 2. The van der Waals surface area contributed by atoms with Gasteiger partial charge in [0.2, 0.25) is 11.8 Å². The van der Waals surface area contributed by atoms with Crippen LogP contribution in [-0.2, 0) is 14.3 Å². The Labute approximate surface area is 206 Å². The molecular weight excluding hydrogens is 444 g/mol. The maximum absolute atomic E-state index is 13.3. The van der Waals surface area contributed by atoms with Crippen LogP contribution in [0, 0.1) is 18.3 Å². The molecule has 0 spiro atoms. The molecule has 4 rings (SSSR count). The highest BCUT2D eigenvalue weighted by atomic mass is 16.5. The molecule has 35 heavy (non-hydrogen) atoms. The van der Waals surface area contributed by atoms with Gasteiger partial charge in [-0.25, -0.2) is 4.99 Å². The molecule has 4 atom stereocenters. The first kappa shape index (κ1) is 24.8. The molecule has 0 saturated heterocycles. The van der Waals surface area contributed by atoms with E-state index in [1.165, 1.54) is 4.90 Å². The summed E-state index contributed by atoms with van der Waals surface area (Å²) in [6, 6.07) is 7.19. The maximum atomic E-state index is 13.3. The van der Waals surface area contributed by atoms with E-state index in [-0.39, 0.29) is 30.2 Å². The van der Waals surface area contributed by atoms with Crippen molar-refractivity contribution >= 4 is 17.8 Å². The number of nitrogens with one attached hydrogen (secondary N) is 1. The molecule has 1 aliphatic carbocycles. The van der Waals surface area contributed by atoms with Crippen LogP contribution in [0.1, 0.15) is 58.1 Å². The lowest BCUT2D eigenvalue weighted by atomic mass is 9.89. The first-order valence-electron chi connectivity index (χ1n) is 12.1. The predicted octanol–water partition coefficient (Wildman–Crippen LogP) is 2.70. The Bertz CT molecular complexity index is 1120. The number of benzene rings is 1. The molecule has 0 bridgehead atoms. The highest BCUT2D eigenvalue weighted by molar-refractivity contribution is 6.01. The molecule has 3 N–H and O–H groups in total. The second kappa shape index (κ2) is 9.38. The number of nitrogens with zero attached hydrogens (tertiary/aromatic N) is 2. The number of hydrogen-bond acceptors (Lipinski definition) is 6. The molecule has 0 unspecified atom stereocenters. The molecule has 0 saturated carbocycles. The van der Waals surface area contributed by atoms with Gasteiger partial charge in [0, 0.05) is 25.7 Å². The quantitative estimate of drug-likeness (QED) is 0.441. The fourth-order valence-corrected chi connectivity index (χ4v) is 5.06. The molecule has 0 radical (unpaired) electrons. The van der Waals surface area contributed by atoms with Crippen molar-refractivity contribution in [3.8, 4) is 18.1 Å². The second-order valence-electron chi connectivity index (χ2n) is 10.0. The summed E-state index contributed by atoms with van der Waals surface area (Å²) in [5.41, 5.74) is 6.76. The van der Waals surface area contributed by atoms with E-state index in [1.54, 1.807) is 7.11 Å². The predicted molar refractivity (Wildman–Crippen MR) is 133 cm³/mol. The maximum Gasteiger partial charge on any atom is 0.233 e. The van der Waals surface area contributed by atoms with Gasteiger partial charge in [-0.15, -0.1) is 6.42 Å². The summed E-state index contributed by atoms with van der Waals surface area (Å²) in [6.07, 6.45) is 9.31. The molecular formula is C27H34N4O4. The standard InChI is InChI=1S/C27H34N4O4/c1-6-27(7-2)16-23(32)31(25(28)30-27)21(12-13-34-5)18-14-19(18)24(33)29-20-15-26(3,4)35-22-11-9-8-10-17(20)22/h1,8-11,14,19-21H,7,12-13,15-16H2,2-5H3,(H2,28,30)(H,29,33)/t19-,20+,21+,27-/m1/s1. The van der Waals surface area contributed by atoms with E-state index in [1.807, 2.05) is 51.1 Å². The number of para-hydroxylation sites is 1. The third kappa shape index (κ3) is 4.92. The molecule has 1 aromatic rings. The minimum Gasteiger partial charge on any atom is -0.487 e. The van der Waals surface area contributed by atoms with Gasteiger partial charge in [-0.3, -0.25) is 14.5 Å². The Hall–Kier alpha value is -3.31. The fraction of sp³-hybridized carbons (Fsp3) is 0.519. The number of methoxy groups -OCH3 is 1. The Morgan fingerprint density at radius 3 is 2.83 bits per heavy atom. The minimum atomic E-state index is -0.915. The molecule has 3 aliphatic rings. The van der Waals surface area contributed by atoms with Crippen molar-refractivity contribution in [2.24, 2.45) is 16.6 Å². The van der Waals surface area contributed by atoms with Gasteiger partial charge < -0.3 is 20.5 Å². The van der Waals surface area contributed by atoms with Crippen LogP contribution in [0.25, 0.3) is 0 Å². The van der Waals surface area contributed by atoms with E-state index in [2.05, 4.69) is 16.2 Å². The number of rotatable bonds is 8. The highest BCUT2D eigenvalue weighted by Crippen LogP contribution is 2.42. The van der Waals surface area contributed by atoms with Crippen molar-refractivity contribution in [2.45, 2.75) is 69.7 Å². The smallest absolute Gasteiger partial charge is 0.233 e. The summed E-state index contributed by atoms with van der Waals surface area (Å²) in [6.45, 7) is 6.32. The van der Waals surface area contributed by atoms with E-state index >= 15 is 0 Å². The van der Waals surface area contributed by atoms with Gasteiger partial charge in [-0.2, -0.15) is 0 Å². The van der Waals surface area contributed by atoms with Crippen molar-refractivity contribution in [1.29, 1.82) is 0 Å². The molecule has 0 aromatic heterocycles. The largest absolute Gasteiger partial charge is 0.487 e. The number of aliphatic imine (C=N–C) groups is 1. The topological polar surface area (TPSA) is 106 Å². The first-order chi connectivity index (χ1) is 16.6. The lowest BCUT2D eigenvalue weighted by Crippen LogP contribution is -2.55. The van der Waals surface area contributed by atoms with Gasteiger partial charge in [0.05, 0.1) is 24.4 Å². The minimum absolute atomic E-state index is 0.0856. The van der Waals surface area contributed by atoms with Crippen molar-refractivity contribution in [2.75, 3.05) is 13.7 Å². The average molecular weight is 479 g/mol. The van der Waals surface area contributed by atoms with Crippen LogP contribution in [0.4, 0.5) is 0 Å². The Morgan fingerprint density at radius 1 is 1.43 bits per heavy atom. The molecule has 8 heteroatoms. The zero-order valence-electron chi connectivity index (χ0n) is 20.8. The lowest BCUT2D eigenvalue weighted by molar-refractivity contribution is -0.131. The van der Waals surface area contributed by atoms with Crippen LogP contribution < -0.4 is 15.8 Å². The van der Waals surface area contributed by atoms with Crippen LogP contribution in [0.2, 0.25) is 0 Å². The van der Waals surface area contributed by atoms with E-state index < -0.39 is 23.1 Å². The van der Waals surface area contributed by atoms with Crippen LogP contribution >= 0.6 is 0 Å². The molecule has 2 amide bonds. The normalized spacial score (nSPS) is 27.5. The molecule has 1 aromatic carbocycles. The van der Waals surface area contributed by atoms with Gasteiger partial charge in [0.1, 0.15) is 16.9 Å². The van der Waals surface area contributed by atoms with E-state index in [0.29, 0.717) is 25.9 Å². The summed E-state index contributed by atoms with van der Waals surface area (Å²) in [5.74, 6) is 2.80. The van der Waals surface area contributed by atoms with E-state index in [4.69, 9.17) is 21.6 Å². The first-order valence-corrected chi connectivity index (χ1v) is 12.1. The van der Waals surface area contributed by atoms with Crippen LogP contribution in [-0.4, -0.2) is 53.6 Å². The number of amides is 2. The second-order valence-corrected chi connectivity index (χ2v) is 10.0. The van der Waals surface area contributed by atoms with Gasteiger partial charge in [-0.05, 0) is 38.3 Å². The number of fused-ring (bicyclic) bond motifs is 1. The average Bonchev–Trinajstić information content (AvgIpc) is 3.60. The molecule has 186 valence electrons. The molecule has 0 fully saturated rings. The summed E-state index contributed by atoms with van der Waals surface area (Å²) >= 11 is 0. The Kier molecular flexibility index (Phi) is 6.65. The third-order valence-corrected chi connectivity index (χ3v) is 7.02. The van der Waals surface area contributed by atoms with E-state index in [9.17, 15) is 9.59 Å².